The van der Waals surface area contributed by atoms with E-state index in [0.29, 0.717) is 10.6 Å². The van der Waals surface area contributed by atoms with Crippen molar-refractivity contribution in [1.82, 2.24) is 10.2 Å². The van der Waals surface area contributed by atoms with Gasteiger partial charge in [0.15, 0.2) is 0 Å². The summed E-state index contributed by atoms with van der Waals surface area (Å²) in [5.74, 6) is 0.00430. The van der Waals surface area contributed by atoms with E-state index < -0.39 is 0 Å². The Hall–Kier alpha value is -0.580. The number of nitrogens with zero attached hydrogens (tertiary/aromatic N) is 1. The van der Waals surface area contributed by atoms with Gasteiger partial charge in [0.1, 0.15) is 0 Å². The van der Waals surface area contributed by atoms with Crippen molar-refractivity contribution in [3.63, 3.8) is 0 Å². The molecule has 0 aliphatic carbocycles. The lowest BCUT2D eigenvalue weighted by Crippen LogP contribution is -2.29. The molecule has 0 fully saturated rings. The third kappa shape index (κ3) is 4.30. The molecule has 3 nitrogen and oxygen atoms in total. The van der Waals surface area contributed by atoms with Gasteiger partial charge in [0.05, 0.1) is 5.56 Å². The Kier molecular flexibility index (Phi) is 5.95. The van der Waals surface area contributed by atoms with Crippen LogP contribution in [-0.2, 0) is 0 Å². The Morgan fingerprint density at radius 2 is 2.24 bits per heavy atom. The molecule has 1 rings (SSSR count). The first-order chi connectivity index (χ1) is 8.06. The maximum Gasteiger partial charge on any atom is 0.254 e. The normalized spacial score (nSPS) is 10.4. The highest BCUT2D eigenvalue weighted by Crippen LogP contribution is 2.22. The quantitative estimate of drug-likeness (QED) is 0.847. The highest BCUT2D eigenvalue weighted by Gasteiger charge is 2.14. The Labute approximate surface area is 115 Å². The minimum atomic E-state index is 0.00430. The second kappa shape index (κ2) is 6.99. The lowest BCUT2D eigenvalue weighted by atomic mass is 10.2. The maximum absolute atomic E-state index is 12.1. The third-order valence-electron chi connectivity index (χ3n) is 2.43. The van der Waals surface area contributed by atoms with E-state index in [1.54, 1.807) is 30.1 Å². The van der Waals surface area contributed by atoms with Crippen molar-refractivity contribution in [1.29, 1.82) is 0 Å². The van der Waals surface area contributed by atoms with Gasteiger partial charge in [0, 0.05) is 23.1 Å². The topological polar surface area (TPSA) is 32.3 Å². The standard InChI is InChI=1S/C12H16BrClN2O/c1-15-6-3-7-16(2)12(17)10-5-4-9(14)8-11(10)13/h4-5,8,15H,3,6-7H2,1-2H3. The predicted molar refractivity (Wildman–Crippen MR) is 74.7 cm³/mol. The van der Waals surface area contributed by atoms with Gasteiger partial charge in [0.2, 0.25) is 0 Å². The number of halogens is 2. The molecule has 0 spiro atoms. The van der Waals surface area contributed by atoms with E-state index in [1.807, 2.05) is 7.05 Å². The van der Waals surface area contributed by atoms with Gasteiger partial charge in [0.25, 0.3) is 5.91 Å². The molecule has 0 radical (unpaired) electrons. The molecular formula is C12H16BrClN2O. The molecule has 0 saturated carbocycles. The Balaban J connectivity index is 2.68. The summed E-state index contributed by atoms with van der Waals surface area (Å²) in [5.41, 5.74) is 0.640. The smallest absolute Gasteiger partial charge is 0.254 e. The molecule has 0 heterocycles. The van der Waals surface area contributed by atoms with Crippen LogP contribution in [0, 0.1) is 0 Å². The first-order valence-electron chi connectivity index (χ1n) is 5.41. The molecule has 1 aromatic rings. The van der Waals surface area contributed by atoms with Crippen LogP contribution in [0.15, 0.2) is 22.7 Å². The fourth-order valence-electron chi connectivity index (χ4n) is 1.46. The molecule has 0 aliphatic heterocycles. The second-order valence-electron chi connectivity index (χ2n) is 3.81. The van der Waals surface area contributed by atoms with Gasteiger partial charge in [-0.05, 0) is 54.1 Å². The summed E-state index contributed by atoms with van der Waals surface area (Å²) >= 11 is 9.19. The van der Waals surface area contributed by atoms with Crippen LogP contribution >= 0.6 is 27.5 Å². The average Bonchev–Trinajstić information content (AvgIpc) is 2.28. The van der Waals surface area contributed by atoms with Crippen molar-refractivity contribution in [2.45, 2.75) is 6.42 Å². The molecular weight excluding hydrogens is 304 g/mol. The number of carbonyl (C=O) groups excluding carboxylic acids is 1. The van der Waals surface area contributed by atoms with E-state index in [2.05, 4.69) is 21.2 Å². The van der Waals surface area contributed by atoms with Gasteiger partial charge in [-0.25, -0.2) is 0 Å². The number of hydrogen-bond acceptors (Lipinski definition) is 2. The van der Waals surface area contributed by atoms with Crippen LogP contribution in [0.4, 0.5) is 0 Å². The van der Waals surface area contributed by atoms with Crippen LogP contribution in [0.3, 0.4) is 0 Å². The van der Waals surface area contributed by atoms with Crippen molar-refractivity contribution >= 4 is 33.4 Å². The first-order valence-corrected chi connectivity index (χ1v) is 6.58. The lowest BCUT2D eigenvalue weighted by Gasteiger charge is -2.17. The predicted octanol–water partition coefficient (Wildman–Crippen LogP) is 2.78. The number of benzene rings is 1. The fourth-order valence-corrected chi connectivity index (χ4v) is 2.32. The molecule has 0 saturated heterocycles. The van der Waals surface area contributed by atoms with Crippen LogP contribution in [0.2, 0.25) is 5.02 Å². The van der Waals surface area contributed by atoms with Gasteiger partial charge >= 0.3 is 0 Å². The van der Waals surface area contributed by atoms with Gasteiger partial charge in [-0.15, -0.1) is 0 Å². The molecule has 0 unspecified atom stereocenters. The molecule has 0 aromatic heterocycles. The largest absolute Gasteiger partial charge is 0.342 e. The molecule has 1 aromatic carbocycles. The van der Waals surface area contributed by atoms with E-state index in [1.165, 1.54) is 0 Å². The minimum Gasteiger partial charge on any atom is -0.342 e. The van der Waals surface area contributed by atoms with Crippen LogP contribution in [0.25, 0.3) is 0 Å². The Bertz CT molecular complexity index is 398. The zero-order valence-corrected chi connectivity index (χ0v) is 12.3. The molecule has 0 atom stereocenters. The van der Waals surface area contributed by atoms with Crippen LogP contribution in [0.1, 0.15) is 16.8 Å². The van der Waals surface area contributed by atoms with E-state index in [-0.39, 0.29) is 5.91 Å². The van der Waals surface area contributed by atoms with E-state index in [4.69, 9.17) is 11.6 Å². The summed E-state index contributed by atoms with van der Waals surface area (Å²) in [7, 11) is 3.71. The van der Waals surface area contributed by atoms with Crippen molar-refractivity contribution in [2.75, 3.05) is 27.2 Å². The van der Waals surface area contributed by atoms with E-state index >= 15 is 0 Å². The summed E-state index contributed by atoms with van der Waals surface area (Å²) in [6.45, 7) is 1.63. The molecule has 0 aliphatic rings. The number of carbonyl (C=O) groups is 1. The van der Waals surface area contributed by atoms with Crippen LogP contribution in [-0.4, -0.2) is 38.0 Å². The molecule has 94 valence electrons. The van der Waals surface area contributed by atoms with Gasteiger partial charge in [-0.1, -0.05) is 11.6 Å². The highest BCUT2D eigenvalue weighted by atomic mass is 79.9. The van der Waals surface area contributed by atoms with Crippen molar-refractivity contribution in [3.05, 3.63) is 33.3 Å². The summed E-state index contributed by atoms with van der Waals surface area (Å²) in [6, 6.07) is 5.19. The van der Waals surface area contributed by atoms with Gasteiger partial charge in [-0.2, -0.15) is 0 Å². The number of nitrogens with one attached hydrogen (secondary N) is 1. The van der Waals surface area contributed by atoms with Crippen molar-refractivity contribution < 1.29 is 4.79 Å². The fraction of sp³-hybridized carbons (Fsp3) is 0.417. The molecule has 1 N–H and O–H groups in total. The van der Waals surface area contributed by atoms with Crippen molar-refractivity contribution in [3.8, 4) is 0 Å². The van der Waals surface area contributed by atoms with E-state index in [9.17, 15) is 4.79 Å². The zero-order valence-electron chi connectivity index (χ0n) is 9.96. The van der Waals surface area contributed by atoms with Crippen LogP contribution < -0.4 is 5.32 Å². The first kappa shape index (κ1) is 14.5. The SMILES string of the molecule is CNCCCN(C)C(=O)c1ccc(Cl)cc1Br. The zero-order chi connectivity index (χ0) is 12.8. The maximum atomic E-state index is 12.1. The molecule has 17 heavy (non-hydrogen) atoms. The summed E-state index contributed by atoms with van der Waals surface area (Å²) in [4.78, 5) is 13.8. The minimum absolute atomic E-state index is 0.00430. The monoisotopic (exact) mass is 318 g/mol. The second-order valence-corrected chi connectivity index (χ2v) is 5.10. The molecule has 5 heteroatoms. The van der Waals surface area contributed by atoms with Crippen LogP contribution in [0.5, 0.6) is 0 Å². The summed E-state index contributed by atoms with van der Waals surface area (Å²) < 4.78 is 0.732. The third-order valence-corrected chi connectivity index (χ3v) is 3.32. The summed E-state index contributed by atoms with van der Waals surface area (Å²) in [6.07, 6.45) is 0.934. The molecule has 1 amide bonds. The Morgan fingerprint density at radius 3 is 2.82 bits per heavy atom. The van der Waals surface area contributed by atoms with Crippen molar-refractivity contribution in [2.24, 2.45) is 0 Å². The van der Waals surface area contributed by atoms with Gasteiger partial charge < -0.3 is 10.2 Å². The lowest BCUT2D eigenvalue weighted by molar-refractivity contribution is 0.0793. The highest BCUT2D eigenvalue weighted by molar-refractivity contribution is 9.10. The number of hydrogen-bond donors (Lipinski definition) is 1. The Morgan fingerprint density at radius 1 is 1.53 bits per heavy atom. The van der Waals surface area contributed by atoms with E-state index in [0.717, 1.165) is 24.0 Å². The summed E-state index contributed by atoms with van der Waals surface area (Å²) in [5, 5.41) is 3.67. The number of rotatable bonds is 5. The number of amides is 1. The molecule has 0 bridgehead atoms. The average molecular weight is 320 g/mol. The van der Waals surface area contributed by atoms with Gasteiger partial charge in [-0.3, -0.25) is 4.79 Å².